The van der Waals surface area contributed by atoms with E-state index in [0.717, 1.165) is 6.08 Å². The summed E-state index contributed by atoms with van der Waals surface area (Å²) in [4.78, 5) is 19.2. The van der Waals surface area contributed by atoms with Gasteiger partial charge in [0.1, 0.15) is 6.08 Å². The van der Waals surface area contributed by atoms with E-state index >= 15 is 0 Å². The zero-order valence-electron chi connectivity index (χ0n) is 6.71. The van der Waals surface area contributed by atoms with Crippen molar-refractivity contribution in [2.75, 3.05) is 0 Å². The molecule has 13 heavy (non-hydrogen) atoms. The van der Waals surface area contributed by atoms with E-state index in [2.05, 4.69) is 10.2 Å². The largest absolute Gasteiger partial charge is 0.396 e. The molecule has 8 heteroatoms. The van der Waals surface area contributed by atoms with Crippen LogP contribution in [-0.4, -0.2) is 15.5 Å². The molecule has 1 unspecified atom stereocenters. The molecule has 0 aromatic carbocycles. The molecule has 1 aliphatic rings. The van der Waals surface area contributed by atoms with Crippen LogP contribution in [0, 0.1) is 20.2 Å². The fourth-order valence-corrected chi connectivity index (χ4v) is 0.883. The molecule has 0 aromatic heterocycles. The Morgan fingerprint density at radius 2 is 2.15 bits per heavy atom. The topological polar surface area (TPSA) is 111 Å². The summed E-state index contributed by atoms with van der Waals surface area (Å²) in [6, 6.07) is 0. The minimum Gasteiger partial charge on any atom is -0.358 e. The normalized spacial score (nSPS) is 25.8. The lowest BCUT2D eigenvalue weighted by Crippen LogP contribution is -2.31. The zero-order chi connectivity index (χ0) is 10.1. The molecule has 8 nitrogen and oxygen atoms in total. The first-order valence-electron chi connectivity index (χ1n) is 3.46. The fraction of sp³-hybridized carbons (Fsp3) is 0.600. The summed E-state index contributed by atoms with van der Waals surface area (Å²) in [6.07, 6.45) is 0.897. The van der Waals surface area contributed by atoms with Crippen LogP contribution in [0.3, 0.4) is 0 Å². The SMILES string of the molecule is CCC1([N+](=O)[O-])C=C([N+](=O)[O-])N=N1. The van der Waals surface area contributed by atoms with Crippen LogP contribution >= 0.6 is 0 Å². The number of rotatable bonds is 3. The molecule has 70 valence electrons. The van der Waals surface area contributed by atoms with E-state index in [9.17, 15) is 20.2 Å². The molecule has 0 bridgehead atoms. The minimum atomic E-state index is -1.73. The molecular formula is C5H6N4O4. The lowest BCUT2D eigenvalue weighted by Gasteiger charge is -2.06. The molecule has 0 aliphatic carbocycles. The average molecular weight is 186 g/mol. The van der Waals surface area contributed by atoms with Crippen molar-refractivity contribution in [2.45, 2.75) is 19.0 Å². The van der Waals surface area contributed by atoms with Crippen molar-refractivity contribution in [2.24, 2.45) is 10.2 Å². The Labute approximate surface area is 72.3 Å². The third-order valence-electron chi connectivity index (χ3n) is 1.71. The molecule has 1 rings (SSSR count). The molecule has 1 aliphatic heterocycles. The van der Waals surface area contributed by atoms with Gasteiger partial charge in [-0.15, -0.1) is 0 Å². The van der Waals surface area contributed by atoms with Gasteiger partial charge in [0.2, 0.25) is 0 Å². The molecule has 0 N–H and O–H groups in total. The first kappa shape index (κ1) is 9.23. The van der Waals surface area contributed by atoms with Crippen molar-refractivity contribution in [1.82, 2.24) is 0 Å². The van der Waals surface area contributed by atoms with Crippen LogP contribution in [0.1, 0.15) is 13.3 Å². The molecule has 1 atom stereocenters. The second-order valence-corrected chi connectivity index (χ2v) is 2.45. The van der Waals surface area contributed by atoms with E-state index in [-0.39, 0.29) is 6.42 Å². The van der Waals surface area contributed by atoms with Gasteiger partial charge in [0.25, 0.3) is 0 Å². The number of hydrogen-bond acceptors (Lipinski definition) is 6. The lowest BCUT2D eigenvalue weighted by atomic mass is 10.1. The van der Waals surface area contributed by atoms with Crippen LogP contribution < -0.4 is 0 Å². The second-order valence-electron chi connectivity index (χ2n) is 2.45. The Morgan fingerprint density at radius 1 is 1.54 bits per heavy atom. The summed E-state index contributed by atoms with van der Waals surface area (Å²) in [5, 5.41) is 27.1. The Balaban J connectivity index is 3.05. The Kier molecular flexibility index (Phi) is 2.05. The maximum Gasteiger partial charge on any atom is 0.396 e. The average Bonchev–Trinajstić information content (AvgIpc) is 2.49. The third kappa shape index (κ3) is 1.37. The van der Waals surface area contributed by atoms with Crippen LogP contribution in [0.25, 0.3) is 0 Å². The van der Waals surface area contributed by atoms with Gasteiger partial charge in [-0.3, -0.25) is 10.1 Å². The molecule has 0 saturated heterocycles. The van der Waals surface area contributed by atoms with Gasteiger partial charge in [-0.1, -0.05) is 6.92 Å². The predicted molar refractivity (Wildman–Crippen MR) is 39.9 cm³/mol. The molecule has 0 aromatic rings. The van der Waals surface area contributed by atoms with Crippen molar-refractivity contribution in [3.8, 4) is 0 Å². The van der Waals surface area contributed by atoms with Gasteiger partial charge in [-0.2, -0.15) is 0 Å². The van der Waals surface area contributed by atoms with E-state index < -0.39 is 21.3 Å². The Morgan fingerprint density at radius 3 is 2.38 bits per heavy atom. The predicted octanol–water partition coefficient (Wildman–Crippen LogP) is 0.953. The molecular weight excluding hydrogens is 180 g/mol. The monoisotopic (exact) mass is 186 g/mol. The van der Waals surface area contributed by atoms with Gasteiger partial charge in [-0.25, -0.2) is 0 Å². The molecule has 0 radical (unpaired) electrons. The second kappa shape index (κ2) is 2.88. The first-order valence-corrected chi connectivity index (χ1v) is 3.46. The van der Waals surface area contributed by atoms with Gasteiger partial charge >= 0.3 is 11.5 Å². The number of azo groups is 1. The van der Waals surface area contributed by atoms with Crippen LogP contribution in [0.5, 0.6) is 0 Å². The zero-order valence-corrected chi connectivity index (χ0v) is 6.71. The summed E-state index contributed by atoms with van der Waals surface area (Å²) in [6.45, 7) is 1.52. The smallest absolute Gasteiger partial charge is 0.358 e. The van der Waals surface area contributed by atoms with Crippen LogP contribution in [0.4, 0.5) is 0 Å². The van der Waals surface area contributed by atoms with Gasteiger partial charge in [0.15, 0.2) is 0 Å². The van der Waals surface area contributed by atoms with E-state index in [1.165, 1.54) is 6.92 Å². The van der Waals surface area contributed by atoms with E-state index in [1.807, 2.05) is 0 Å². The van der Waals surface area contributed by atoms with Crippen LogP contribution in [0.2, 0.25) is 0 Å². The Hall–Kier alpha value is -1.86. The van der Waals surface area contributed by atoms with Crippen molar-refractivity contribution >= 4 is 0 Å². The minimum absolute atomic E-state index is 0.0425. The molecule has 1 heterocycles. The number of nitrogens with zero attached hydrogens (tertiary/aromatic N) is 4. The first-order chi connectivity index (χ1) is 6.02. The van der Waals surface area contributed by atoms with E-state index in [1.54, 1.807) is 0 Å². The summed E-state index contributed by atoms with van der Waals surface area (Å²) in [5.41, 5.74) is -1.73. The highest BCUT2D eigenvalue weighted by Crippen LogP contribution is 2.27. The highest BCUT2D eigenvalue weighted by molar-refractivity contribution is 5.07. The van der Waals surface area contributed by atoms with Crippen molar-refractivity contribution in [3.05, 3.63) is 32.1 Å². The summed E-state index contributed by atoms with van der Waals surface area (Å²) in [7, 11) is 0. The molecule has 0 saturated carbocycles. The standard InChI is InChI=1S/C5H6N4O4/c1-2-5(9(12)13)3-4(6-7-5)8(10)11/h3H,2H2,1H3. The number of hydrogen-bond donors (Lipinski definition) is 0. The van der Waals surface area contributed by atoms with Gasteiger partial charge in [-0.05, 0) is 4.92 Å². The van der Waals surface area contributed by atoms with Crippen molar-refractivity contribution < 1.29 is 9.85 Å². The van der Waals surface area contributed by atoms with Gasteiger partial charge in [0, 0.05) is 11.5 Å². The van der Waals surface area contributed by atoms with E-state index in [4.69, 9.17) is 0 Å². The maximum atomic E-state index is 10.5. The lowest BCUT2D eigenvalue weighted by molar-refractivity contribution is -0.554. The summed E-state index contributed by atoms with van der Waals surface area (Å²) >= 11 is 0. The maximum absolute atomic E-state index is 10.5. The summed E-state index contributed by atoms with van der Waals surface area (Å²) in [5.74, 6) is -0.571. The molecule has 0 amide bonds. The molecule has 0 fully saturated rings. The van der Waals surface area contributed by atoms with Crippen LogP contribution in [-0.2, 0) is 0 Å². The number of nitro groups is 2. The Bertz CT molecular complexity index is 322. The van der Waals surface area contributed by atoms with Gasteiger partial charge in [0.05, 0.1) is 10.0 Å². The highest BCUT2D eigenvalue weighted by Gasteiger charge is 2.48. The fourth-order valence-electron chi connectivity index (χ4n) is 0.883. The molecule has 0 spiro atoms. The summed E-state index contributed by atoms with van der Waals surface area (Å²) < 4.78 is 0. The highest BCUT2D eigenvalue weighted by atomic mass is 16.6. The van der Waals surface area contributed by atoms with Crippen molar-refractivity contribution in [3.63, 3.8) is 0 Å². The van der Waals surface area contributed by atoms with E-state index in [0.29, 0.717) is 0 Å². The van der Waals surface area contributed by atoms with Crippen LogP contribution in [0.15, 0.2) is 22.1 Å². The van der Waals surface area contributed by atoms with Gasteiger partial charge < -0.3 is 10.1 Å². The third-order valence-corrected chi connectivity index (χ3v) is 1.71. The quantitative estimate of drug-likeness (QED) is 0.482. The van der Waals surface area contributed by atoms with Crippen molar-refractivity contribution in [1.29, 1.82) is 0 Å².